The zero-order valence-electron chi connectivity index (χ0n) is 13.6. The molecule has 2 N–H and O–H groups in total. The van der Waals surface area contributed by atoms with Crippen molar-refractivity contribution in [3.8, 4) is 0 Å². The number of rotatable bonds is 6. The fourth-order valence-electron chi connectivity index (χ4n) is 2.03. The first-order chi connectivity index (χ1) is 10.6. The van der Waals surface area contributed by atoms with Gasteiger partial charge in [-0.1, -0.05) is 6.92 Å². The van der Waals surface area contributed by atoms with E-state index in [9.17, 15) is 0 Å². The Balaban J connectivity index is 2.00. The summed E-state index contributed by atoms with van der Waals surface area (Å²) in [6.07, 6.45) is 0.974. The molecular weight excluding hydrogens is 296 g/mol. The fraction of sp³-hybridized carbons (Fsp3) is 0.500. The van der Waals surface area contributed by atoms with Crippen molar-refractivity contribution in [1.29, 1.82) is 0 Å². The predicted molar refractivity (Wildman–Crippen MR) is 91.3 cm³/mol. The molecule has 0 saturated carbocycles. The average Bonchev–Trinajstić information content (AvgIpc) is 3.13. The highest BCUT2D eigenvalue weighted by molar-refractivity contribution is 7.09. The van der Waals surface area contributed by atoms with Crippen LogP contribution in [0, 0.1) is 6.92 Å². The molecule has 6 heteroatoms. The van der Waals surface area contributed by atoms with Crippen molar-refractivity contribution < 1.29 is 4.42 Å². The number of hydrogen-bond donors (Lipinski definition) is 2. The Bertz CT molecular complexity index is 617. The maximum atomic E-state index is 5.65. The third-order valence-corrected chi connectivity index (χ3v) is 4.23. The number of nitrogens with one attached hydrogen (secondary N) is 2. The summed E-state index contributed by atoms with van der Waals surface area (Å²) in [7, 11) is 0. The number of furan rings is 1. The quantitative estimate of drug-likeness (QED) is 0.632. The van der Waals surface area contributed by atoms with Gasteiger partial charge in [0.2, 0.25) is 0 Å². The van der Waals surface area contributed by atoms with E-state index in [1.54, 1.807) is 11.3 Å². The third kappa shape index (κ3) is 4.59. The number of nitrogens with zero attached hydrogens (tertiary/aromatic N) is 2. The molecule has 0 radical (unpaired) electrons. The van der Waals surface area contributed by atoms with Crippen LogP contribution in [-0.4, -0.2) is 17.5 Å². The van der Waals surface area contributed by atoms with Crippen molar-refractivity contribution in [1.82, 2.24) is 15.6 Å². The smallest absolute Gasteiger partial charge is 0.192 e. The topological polar surface area (TPSA) is 62.5 Å². The number of aliphatic imine (C=N–C) groups is 1. The molecule has 2 rings (SSSR count). The second kappa shape index (κ2) is 7.98. The van der Waals surface area contributed by atoms with E-state index in [1.807, 2.05) is 19.1 Å². The summed E-state index contributed by atoms with van der Waals surface area (Å²) >= 11 is 1.69. The van der Waals surface area contributed by atoms with Gasteiger partial charge < -0.3 is 15.1 Å². The molecule has 0 aromatic carbocycles. The average molecular weight is 320 g/mol. The van der Waals surface area contributed by atoms with Crippen LogP contribution in [0.25, 0.3) is 0 Å². The number of thiazole rings is 1. The van der Waals surface area contributed by atoms with Crippen molar-refractivity contribution in [2.75, 3.05) is 6.54 Å². The second-order valence-corrected chi connectivity index (χ2v) is 6.04. The van der Waals surface area contributed by atoms with Gasteiger partial charge in [0.1, 0.15) is 11.5 Å². The summed E-state index contributed by atoms with van der Waals surface area (Å²) in [5.41, 5.74) is 1.01. The lowest BCUT2D eigenvalue weighted by molar-refractivity contribution is 0.441. The van der Waals surface area contributed by atoms with Gasteiger partial charge in [0.25, 0.3) is 0 Å². The second-order valence-electron chi connectivity index (χ2n) is 5.10. The SMILES string of the molecule is CCNC(=NCc1csc(CC)n1)NC(C)c1ccc(C)o1. The van der Waals surface area contributed by atoms with E-state index < -0.39 is 0 Å². The summed E-state index contributed by atoms with van der Waals surface area (Å²) in [5, 5.41) is 9.84. The lowest BCUT2D eigenvalue weighted by Gasteiger charge is -2.15. The largest absolute Gasteiger partial charge is 0.464 e. The predicted octanol–water partition coefficient (Wildman–Crippen LogP) is 3.42. The minimum absolute atomic E-state index is 0.0631. The van der Waals surface area contributed by atoms with Crippen LogP contribution in [0.5, 0.6) is 0 Å². The number of aryl methyl sites for hydroxylation is 2. The van der Waals surface area contributed by atoms with Gasteiger partial charge >= 0.3 is 0 Å². The summed E-state index contributed by atoms with van der Waals surface area (Å²) in [4.78, 5) is 9.14. The molecule has 2 heterocycles. The van der Waals surface area contributed by atoms with E-state index in [1.165, 1.54) is 0 Å². The van der Waals surface area contributed by atoms with Gasteiger partial charge in [-0.05, 0) is 39.3 Å². The molecule has 0 aliphatic rings. The van der Waals surface area contributed by atoms with Crippen molar-refractivity contribution in [3.63, 3.8) is 0 Å². The van der Waals surface area contributed by atoms with Gasteiger partial charge in [0, 0.05) is 11.9 Å². The van der Waals surface area contributed by atoms with Crippen LogP contribution in [0.3, 0.4) is 0 Å². The Morgan fingerprint density at radius 2 is 2.23 bits per heavy atom. The Morgan fingerprint density at radius 1 is 1.41 bits per heavy atom. The lowest BCUT2D eigenvalue weighted by Crippen LogP contribution is -2.38. The van der Waals surface area contributed by atoms with Gasteiger partial charge in [0.05, 0.1) is 23.3 Å². The first-order valence-corrected chi connectivity index (χ1v) is 8.54. The molecule has 0 spiro atoms. The maximum absolute atomic E-state index is 5.65. The van der Waals surface area contributed by atoms with E-state index in [0.29, 0.717) is 6.54 Å². The van der Waals surface area contributed by atoms with E-state index in [0.717, 1.165) is 41.1 Å². The van der Waals surface area contributed by atoms with Gasteiger partial charge in [-0.3, -0.25) is 0 Å². The summed E-state index contributed by atoms with van der Waals surface area (Å²) in [6, 6.07) is 4.03. The van der Waals surface area contributed by atoms with Crippen LogP contribution >= 0.6 is 11.3 Å². The Labute approximate surface area is 135 Å². The van der Waals surface area contributed by atoms with Gasteiger partial charge in [0.15, 0.2) is 5.96 Å². The van der Waals surface area contributed by atoms with E-state index >= 15 is 0 Å². The molecule has 0 fully saturated rings. The minimum Gasteiger partial charge on any atom is -0.464 e. The number of guanidine groups is 1. The van der Waals surface area contributed by atoms with Crippen molar-refractivity contribution in [2.24, 2.45) is 4.99 Å². The van der Waals surface area contributed by atoms with Gasteiger partial charge in [-0.2, -0.15) is 0 Å². The lowest BCUT2D eigenvalue weighted by atomic mass is 10.2. The Morgan fingerprint density at radius 3 is 2.82 bits per heavy atom. The fourth-order valence-corrected chi connectivity index (χ4v) is 2.76. The normalized spacial score (nSPS) is 13.2. The molecule has 0 amide bonds. The molecule has 2 aromatic heterocycles. The molecule has 0 aliphatic heterocycles. The summed E-state index contributed by atoms with van der Waals surface area (Å²) in [6.45, 7) is 9.57. The Hall–Kier alpha value is -1.82. The van der Waals surface area contributed by atoms with E-state index in [-0.39, 0.29) is 6.04 Å². The molecule has 1 unspecified atom stereocenters. The van der Waals surface area contributed by atoms with Crippen molar-refractivity contribution >= 4 is 17.3 Å². The van der Waals surface area contributed by atoms with Crippen LogP contribution in [-0.2, 0) is 13.0 Å². The van der Waals surface area contributed by atoms with Crippen molar-refractivity contribution in [2.45, 2.75) is 46.7 Å². The van der Waals surface area contributed by atoms with Crippen LogP contribution in [0.1, 0.15) is 49.0 Å². The number of aromatic nitrogens is 1. The van der Waals surface area contributed by atoms with Crippen LogP contribution < -0.4 is 10.6 Å². The third-order valence-electron chi connectivity index (χ3n) is 3.19. The zero-order chi connectivity index (χ0) is 15.9. The standard InChI is InChI=1S/C16H24N4OS/c1-5-15-20-13(10-22-15)9-18-16(17-6-2)19-12(4)14-8-7-11(3)21-14/h7-8,10,12H,5-6,9H2,1-4H3,(H2,17,18,19). The minimum atomic E-state index is 0.0631. The van der Waals surface area contributed by atoms with Gasteiger partial charge in [-0.15, -0.1) is 11.3 Å². The molecule has 0 bridgehead atoms. The molecule has 120 valence electrons. The first kappa shape index (κ1) is 16.5. The monoisotopic (exact) mass is 320 g/mol. The molecule has 0 aliphatic carbocycles. The van der Waals surface area contributed by atoms with E-state index in [4.69, 9.17) is 4.42 Å². The van der Waals surface area contributed by atoms with Gasteiger partial charge in [-0.25, -0.2) is 9.98 Å². The molecule has 2 aromatic rings. The first-order valence-electron chi connectivity index (χ1n) is 7.66. The highest BCUT2D eigenvalue weighted by atomic mass is 32.1. The van der Waals surface area contributed by atoms with E-state index in [2.05, 4.69) is 46.8 Å². The highest BCUT2D eigenvalue weighted by Gasteiger charge is 2.11. The van der Waals surface area contributed by atoms with Crippen molar-refractivity contribution in [3.05, 3.63) is 39.7 Å². The molecule has 22 heavy (non-hydrogen) atoms. The molecule has 5 nitrogen and oxygen atoms in total. The number of hydrogen-bond acceptors (Lipinski definition) is 4. The summed E-state index contributed by atoms with van der Waals surface area (Å²) < 4.78 is 5.65. The maximum Gasteiger partial charge on any atom is 0.192 e. The Kier molecular flexibility index (Phi) is 6.00. The molecule has 0 saturated heterocycles. The van der Waals surface area contributed by atoms with Crippen LogP contribution in [0.2, 0.25) is 0 Å². The molecular formula is C16H24N4OS. The highest BCUT2D eigenvalue weighted by Crippen LogP contribution is 2.15. The summed E-state index contributed by atoms with van der Waals surface area (Å²) in [5.74, 6) is 2.60. The zero-order valence-corrected chi connectivity index (χ0v) is 14.5. The van der Waals surface area contributed by atoms with Crippen LogP contribution in [0.15, 0.2) is 26.9 Å². The molecule has 1 atom stereocenters. The van der Waals surface area contributed by atoms with Crippen LogP contribution in [0.4, 0.5) is 0 Å².